The van der Waals surface area contributed by atoms with Crippen LogP contribution in [0.5, 0.6) is 5.75 Å². The highest BCUT2D eigenvalue weighted by Gasteiger charge is 2.19. The Kier molecular flexibility index (Phi) is 5.18. The number of rotatable bonds is 6. The summed E-state index contributed by atoms with van der Waals surface area (Å²) in [5.74, 6) is 0.728. The van der Waals surface area contributed by atoms with Crippen LogP contribution in [0, 0.1) is 0 Å². The first-order chi connectivity index (χ1) is 13.2. The van der Waals surface area contributed by atoms with Gasteiger partial charge < -0.3 is 4.74 Å². The summed E-state index contributed by atoms with van der Waals surface area (Å²) in [5, 5.41) is 0.815. The quantitative estimate of drug-likeness (QED) is 0.650. The Morgan fingerprint density at radius 2 is 1.67 bits per heavy atom. The number of aromatic nitrogens is 1. The zero-order valence-corrected chi connectivity index (χ0v) is 16.1. The topological polar surface area (TPSA) is 51.5 Å². The van der Waals surface area contributed by atoms with Crippen LogP contribution >= 0.6 is 0 Å². The Hall–Kier alpha value is -2.31. The molecule has 0 radical (unpaired) electrons. The Morgan fingerprint density at radius 1 is 0.889 bits per heavy atom. The molecule has 0 aliphatic carbocycles. The summed E-state index contributed by atoms with van der Waals surface area (Å²) in [6.45, 7) is 3.79. The van der Waals surface area contributed by atoms with Crippen molar-refractivity contribution in [3.05, 3.63) is 60.8 Å². The summed E-state index contributed by atoms with van der Waals surface area (Å²) >= 11 is 0. The highest BCUT2D eigenvalue weighted by molar-refractivity contribution is 7.90. The number of likely N-dealkylation sites (tertiary alicyclic amines) is 1. The van der Waals surface area contributed by atoms with E-state index in [1.807, 2.05) is 24.3 Å². The minimum atomic E-state index is -3.62. The van der Waals surface area contributed by atoms with Gasteiger partial charge in [0.15, 0.2) is 0 Å². The predicted molar refractivity (Wildman–Crippen MR) is 107 cm³/mol. The number of ether oxygens (including phenoxy) is 1. The molecule has 6 heteroatoms. The van der Waals surface area contributed by atoms with Crippen LogP contribution in [0.15, 0.2) is 65.7 Å². The van der Waals surface area contributed by atoms with Crippen LogP contribution in [0.3, 0.4) is 0 Å². The van der Waals surface area contributed by atoms with Gasteiger partial charge in [-0.15, -0.1) is 0 Å². The molecular weight excluding hydrogens is 360 g/mol. The third-order valence-electron chi connectivity index (χ3n) is 5.07. The summed E-state index contributed by atoms with van der Waals surface area (Å²) in [6, 6.07) is 15.9. The molecule has 0 amide bonds. The maximum atomic E-state index is 13.0. The van der Waals surface area contributed by atoms with Crippen LogP contribution in [0.4, 0.5) is 0 Å². The van der Waals surface area contributed by atoms with Crippen LogP contribution in [0.2, 0.25) is 0 Å². The van der Waals surface area contributed by atoms with Crippen LogP contribution in [-0.2, 0) is 10.0 Å². The van der Waals surface area contributed by atoms with Crippen molar-refractivity contribution in [2.75, 3.05) is 26.2 Å². The van der Waals surface area contributed by atoms with Crippen LogP contribution < -0.4 is 4.74 Å². The fourth-order valence-corrected chi connectivity index (χ4v) is 4.99. The standard InChI is InChI=1S/C21H24N2O3S/c24-27(25,18-8-3-1-4-9-18)23-15-12-19-20(23)10-7-11-21(19)26-17-16-22-13-5-2-6-14-22/h1,3-4,7-12,15H,2,5-6,13-14,16-17H2. The monoisotopic (exact) mass is 384 g/mol. The number of hydrogen-bond acceptors (Lipinski definition) is 4. The minimum Gasteiger partial charge on any atom is -0.492 e. The maximum Gasteiger partial charge on any atom is 0.268 e. The van der Waals surface area contributed by atoms with Crippen molar-refractivity contribution in [1.82, 2.24) is 8.87 Å². The van der Waals surface area contributed by atoms with Gasteiger partial charge in [0.25, 0.3) is 10.0 Å². The van der Waals surface area contributed by atoms with Gasteiger partial charge in [0.1, 0.15) is 12.4 Å². The van der Waals surface area contributed by atoms with Crippen LogP contribution in [-0.4, -0.2) is 43.5 Å². The van der Waals surface area contributed by atoms with Gasteiger partial charge in [0.05, 0.1) is 10.4 Å². The molecule has 0 spiro atoms. The molecule has 0 N–H and O–H groups in total. The van der Waals surface area contributed by atoms with Gasteiger partial charge in [-0.1, -0.05) is 30.7 Å². The number of nitrogens with zero attached hydrogens (tertiary/aromatic N) is 2. The van der Waals surface area contributed by atoms with E-state index in [4.69, 9.17) is 4.74 Å². The van der Waals surface area contributed by atoms with Crippen LogP contribution in [0.25, 0.3) is 10.9 Å². The summed E-state index contributed by atoms with van der Waals surface area (Å²) in [6.07, 6.45) is 5.44. The molecule has 1 fully saturated rings. The molecule has 0 unspecified atom stereocenters. The highest BCUT2D eigenvalue weighted by atomic mass is 32.2. The molecule has 1 aromatic heterocycles. The molecular formula is C21H24N2O3S. The summed E-state index contributed by atoms with van der Waals surface area (Å²) < 4.78 is 33.2. The van der Waals surface area contributed by atoms with Gasteiger partial charge in [-0.25, -0.2) is 12.4 Å². The number of benzene rings is 2. The van der Waals surface area contributed by atoms with E-state index in [2.05, 4.69) is 4.90 Å². The third-order valence-corrected chi connectivity index (χ3v) is 6.78. The molecule has 0 atom stereocenters. The lowest BCUT2D eigenvalue weighted by Crippen LogP contribution is -2.33. The molecule has 4 rings (SSSR count). The number of fused-ring (bicyclic) bond motifs is 1. The number of hydrogen-bond donors (Lipinski definition) is 0. The fourth-order valence-electron chi connectivity index (χ4n) is 3.62. The van der Waals surface area contributed by atoms with Crippen molar-refractivity contribution in [3.63, 3.8) is 0 Å². The van der Waals surface area contributed by atoms with E-state index in [0.717, 1.165) is 30.8 Å². The van der Waals surface area contributed by atoms with Crippen LogP contribution in [0.1, 0.15) is 19.3 Å². The Balaban J connectivity index is 1.56. The van der Waals surface area contributed by atoms with Crippen molar-refractivity contribution in [2.24, 2.45) is 0 Å². The van der Waals surface area contributed by atoms with Gasteiger partial charge in [-0.2, -0.15) is 0 Å². The molecule has 27 heavy (non-hydrogen) atoms. The van der Waals surface area contributed by atoms with Gasteiger partial charge in [-0.05, 0) is 56.3 Å². The van der Waals surface area contributed by atoms with Crippen molar-refractivity contribution in [1.29, 1.82) is 0 Å². The Labute approximate surface area is 160 Å². The molecule has 5 nitrogen and oxygen atoms in total. The van der Waals surface area contributed by atoms with E-state index in [0.29, 0.717) is 12.1 Å². The van der Waals surface area contributed by atoms with E-state index < -0.39 is 10.0 Å². The summed E-state index contributed by atoms with van der Waals surface area (Å²) in [7, 11) is -3.62. The zero-order chi connectivity index (χ0) is 18.7. The predicted octanol–water partition coefficient (Wildman–Crippen LogP) is 3.74. The SMILES string of the molecule is O=S(=O)(c1ccccc1)n1ccc2c(OCCN3CCCCC3)cccc21. The average Bonchev–Trinajstić information content (AvgIpc) is 3.15. The van der Waals surface area contributed by atoms with Gasteiger partial charge in [0, 0.05) is 18.1 Å². The van der Waals surface area contributed by atoms with Gasteiger partial charge in [0.2, 0.25) is 0 Å². The molecule has 2 aromatic carbocycles. The largest absolute Gasteiger partial charge is 0.492 e. The molecule has 2 heterocycles. The normalized spacial score (nSPS) is 15.9. The van der Waals surface area contributed by atoms with E-state index in [1.165, 1.54) is 23.2 Å². The zero-order valence-electron chi connectivity index (χ0n) is 15.3. The maximum absolute atomic E-state index is 13.0. The average molecular weight is 385 g/mol. The van der Waals surface area contributed by atoms with Gasteiger partial charge >= 0.3 is 0 Å². The van der Waals surface area contributed by atoms with Crippen molar-refractivity contribution in [2.45, 2.75) is 24.2 Å². The first-order valence-electron chi connectivity index (χ1n) is 9.42. The second kappa shape index (κ2) is 7.74. The van der Waals surface area contributed by atoms with E-state index in [-0.39, 0.29) is 4.90 Å². The number of piperidine rings is 1. The lowest BCUT2D eigenvalue weighted by Gasteiger charge is -2.26. The van der Waals surface area contributed by atoms with E-state index >= 15 is 0 Å². The van der Waals surface area contributed by atoms with E-state index in [1.54, 1.807) is 36.5 Å². The first kappa shape index (κ1) is 18.1. The molecule has 0 saturated carbocycles. The lowest BCUT2D eigenvalue weighted by atomic mass is 10.1. The third kappa shape index (κ3) is 3.73. The molecule has 142 valence electrons. The molecule has 3 aromatic rings. The van der Waals surface area contributed by atoms with E-state index in [9.17, 15) is 8.42 Å². The fraction of sp³-hybridized carbons (Fsp3) is 0.333. The van der Waals surface area contributed by atoms with Crippen molar-refractivity contribution < 1.29 is 13.2 Å². The summed E-state index contributed by atoms with van der Waals surface area (Å²) in [5.41, 5.74) is 0.634. The molecule has 0 bridgehead atoms. The molecule has 1 saturated heterocycles. The Bertz CT molecular complexity index is 1010. The van der Waals surface area contributed by atoms with Crippen molar-refractivity contribution >= 4 is 20.9 Å². The summed E-state index contributed by atoms with van der Waals surface area (Å²) in [4.78, 5) is 2.70. The smallest absolute Gasteiger partial charge is 0.268 e. The van der Waals surface area contributed by atoms with Crippen molar-refractivity contribution in [3.8, 4) is 5.75 Å². The van der Waals surface area contributed by atoms with Gasteiger partial charge in [-0.3, -0.25) is 4.90 Å². The second-order valence-corrected chi connectivity index (χ2v) is 8.68. The second-order valence-electron chi connectivity index (χ2n) is 6.87. The molecule has 1 aliphatic rings. The lowest BCUT2D eigenvalue weighted by molar-refractivity contribution is 0.184. The Morgan fingerprint density at radius 3 is 2.44 bits per heavy atom. The highest BCUT2D eigenvalue weighted by Crippen LogP contribution is 2.29. The minimum absolute atomic E-state index is 0.277. The first-order valence-corrected chi connectivity index (χ1v) is 10.9. The molecule has 1 aliphatic heterocycles.